The number of thioether (sulfide) groups is 1. The second-order valence-electron chi connectivity index (χ2n) is 28.8. The number of nitrogens with zero attached hydrogens (tertiary/aromatic N) is 4. The molecule has 0 radical (unpaired) electrons. The Morgan fingerprint density at radius 3 is 2.11 bits per heavy atom. The van der Waals surface area contributed by atoms with E-state index < -0.39 is 135 Å². The third-order valence-electron chi connectivity index (χ3n) is 18.2. The highest BCUT2D eigenvalue weighted by molar-refractivity contribution is 9.10. The molecule has 28 nitrogen and oxygen atoms in total. The van der Waals surface area contributed by atoms with E-state index in [0.717, 1.165) is 56.9 Å². The SMILES string of the molecule is CC(C)(CC(C)(Br)C(=O)OCCOP(=O)(O)OCC[N+](C)(C)C)C(=O)OCCN1C(=O)CC(SC[C@H](NC(=O)CCCCC[N+]2=C(/C=C/C3=C(Oc4ccc(S(=O)(=O)[O-])cc4)C(=C/C=C4/N(CCCCS(=O)(=O)O)c5ccccc5C4(C)C)/CCC3)C(C)(C)c3cc(S(=O)(=O)[O-])ccc32)C(=O)O)C1=O. The van der Waals surface area contributed by atoms with Gasteiger partial charge in [-0.25, -0.2) is 26.2 Å². The molecular formula is C70H93BrN5O23PS4. The fourth-order valence-corrected chi connectivity index (χ4v) is 16.9. The number of hydrogen-bond donors (Lipinski definition) is 4. The van der Waals surface area contributed by atoms with E-state index in [-0.39, 0.29) is 56.1 Å². The maximum absolute atomic E-state index is 13.5. The number of phosphoric ester groups is 1. The number of phosphoric acid groups is 1. The maximum Gasteiger partial charge on any atom is 0.472 e. The van der Waals surface area contributed by atoms with Crippen LogP contribution >= 0.6 is 35.5 Å². The summed E-state index contributed by atoms with van der Waals surface area (Å²) in [6.07, 6.45) is 10.9. The summed E-state index contributed by atoms with van der Waals surface area (Å²) in [6.45, 7) is 12.0. The van der Waals surface area contributed by atoms with Gasteiger partial charge in [0.2, 0.25) is 23.4 Å². The minimum atomic E-state index is -4.89. The number of carbonyl (C=O) groups excluding carboxylic acids is 5. The third kappa shape index (κ3) is 23.0. The molecule has 0 aromatic heterocycles. The Balaban J connectivity index is 0.990. The Morgan fingerprint density at radius 1 is 0.798 bits per heavy atom. The topological polar surface area (TPSA) is 396 Å². The number of imide groups is 1. The Labute approximate surface area is 620 Å². The van der Waals surface area contributed by atoms with Crippen molar-refractivity contribution < 1.29 is 115 Å². The zero-order valence-electron chi connectivity index (χ0n) is 59.9. The summed E-state index contributed by atoms with van der Waals surface area (Å²) in [5.41, 5.74) is 3.54. The van der Waals surface area contributed by atoms with Crippen molar-refractivity contribution in [3.8, 4) is 5.75 Å². The van der Waals surface area contributed by atoms with E-state index >= 15 is 0 Å². The molecule has 1 fully saturated rings. The molecular weight excluding hydrogens is 1520 g/mol. The lowest BCUT2D eigenvalue weighted by molar-refractivity contribution is -0.870. The van der Waals surface area contributed by atoms with Gasteiger partial charge in [-0.3, -0.25) is 42.5 Å². The number of ether oxygens (including phenoxy) is 3. The number of unbranched alkanes of at least 4 members (excludes halogenated alkanes) is 3. The molecule has 7 rings (SSSR count). The van der Waals surface area contributed by atoms with E-state index in [1.807, 2.05) is 88.1 Å². The van der Waals surface area contributed by atoms with Gasteiger partial charge in [-0.05, 0) is 157 Å². The normalized spacial score (nSPS) is 19.3. The van der Waals surface area contributed by atoms with Gasteiger partial charge < -0.3 is 48.0 Å². The Hall–Kier alpha value is -6.46. The molecule has 0 saturated carbocycles. The average Bonchev–Trinajstić information content (AvgIpc) is 1.60. The first kappa shape index (κ1) is 84.8. The monoisotopic (exact) mass is 1610 g/mol. The number of carbonyl (C=O) groups is 6. The van der Waals surface area contributed by atoms with Gasteiger partial charge in [0, 0.05) is 66.1 Å². The maximum atomic E-state index is 13.5. The van der Waals surface area contributed by atoms with Crippen molar-refractivity contribution >= 4 is 119 Å². The highest BCUT2D eigenvalue weighted by Crippen LogP contribution is 2.49. The number of esters is 2. The standard InChI is InChI=1S/C70H93BrN5O23PS4/c1-67(2,46-70(7,71)66(83)96-40-41-98-100(84,85)97-39-37-76(8,9)10)65(82)95-38-36-75-61(78)44-57(63(75)79)101-45-54(64(80)81)72-60(77)23-12-11-15-34-74-56-31-30-51(104(92,93)94)43-53(56)69(5,6)59(74)33-25-48-20-18-19-47(62(48)99-49-26-28-50(29-27-49)103(89,90)91)24-32-58-68(3,4)52-21-13-14-22-55(52)73(58)35-16-17-42-102(86,87)88/h13-14,21-22,24-33,43,54,57H,11-12,15-20,23,34-42,44-46H2,1-10H3,(H4-2,72,77,80,81,84,85,86,87,88,89,90,91,92,93,94)/t54-,57?,70?/m0/s1. The van der Waals surface area contributed by atoms with Gasteiger partial charge in [0.15, 0.2) is 5.71 Å². The largest absolute Gasteiger partial charge is 0.744 e. The van der Waals surface area contributed by atoms with Gasteiger partial charge >= 0.3 is 25.7 Å². The number of aliphatic carboxylic acids is 1. The number of halogens is 1. The van der Waals surface area contributed by atoms with Crippen LogP contribution in [0.5, 0.6) is 5.75 Å². The van der Waals surface area contributed by atoms with Gasteiger partial charge in [-0.1, -0.05) is 54.1 Å². The lowest BCUT2D eigenvalue weighted by atomic mass is 9.81. The van der Waals surface area contributed by atoms with E-state index in [1.54, 1.807) is 6.07 Å². The van der Waals surface area contributed by atoms with Crippen molar-refractivity contribution in [2.75, 3.05) is 90.2 Å². The summed E-state index contributed by atoms with van der Waals surface area (Å²) in [4.78, 5) is 90.8. The lowest BCUT2D eigenvalue weighted by Gasteiger charge is -2.30. The number of rotatable bonds is 38. The molecule has 4 N–H and O–H groups in total. The van der Waals surface area contributed by atoms with Gasteiger partial charge in [0.1, 0.15) is 75.0 Å². The van der Waals surface area contributed by atoms with Crippen LogP contribution < -0.4 is 15.0 Å². The van der Waals surface area contributed by atoms with E-state index in [1.165, 1.54) is 45.0 Å². The number of hydrogen-bond acceptors (Lipinski definition) is 22. The number of allylic oxidation sites excluding steroid dienone is 7. The van der Waals surface area contributed by atoms with Crippen LogP contribution in [0.2, 0.25) is 0 Å². The number of nitrogens with one attached hydrogen (secondary N) is 1. The van der Waals surface area contributed by atoms with Gasteiger partial charge in [-0.2, -0.15) is 13.0 Å². The van der Waals surface area contributed by atoms with Crippen molar-refractivity contribution in [2.45, 2.75) is 155 Å². The van der Waals surface area contributed by atoms with Crippen molar-refractivity contribution in [1.82, 2.24) is 10.2 Å². The second kappa shape index (κ2) is 34.6. The number of para-hydroxylation sites is 1. The minimum Gasteiger partial charge on any atom is -0.744 e. The van der Waals surface area contributed by atoms with E-state index in [9.17, 15) is 82.2 Å². The molecule has 0 spiro atoms. The third-order valence-corrected chi connectivity index (χ3v) is 23.6. The lowest BCUT2D eigenvalue weighted by Crippen LogP contribution is -2.43. The Bertz CT molecular complexity index is 4320. The highest BCUT2D eigenvalue weighted by atomic mass is 79.9. The van der Waals surface area contributed by atoms with Crippen molar-refractivity contribution in [1.29, 1.82) is 0 Å². The van der Waals surface area contributed by atoms with Gasteiger partial charge in [-0.15, -0.1) is 11.8 Å². The van der Waals surface area contributed by atoms with Crippen LogP contribution in [-0.4, -0.2) is 205 Å². The summed E-state index contributed by atoms with van der Waals surface area (Å²) in [5, 5.41) is 11.7. The number of alkyl halides is 1. The summed E-state index contributed by atoms with van der Waals surface area (Å²) in [5.74, 6) is -4.75. The number of likely N-dealkylation sites (N-methyl/N-ethyl adjacent to an activating group) is 1. The molecule has 3 aliphatic heterocycles. The van der Waals surface area contributed by atoms with Crippen LogP contribution in [-0.2, 0) is 93.0 Å². The number of carboxylic acids is 1. The number of benzene rings is 3. The Morgan fingerprint density at radius 2 is 1.45 bits per heavy atom. The smallest absolute Gasteiger partial charge is 0.472 e. The van der Waals surface area contributed by atoms with Crippen LogP contribution in [0.25, 0.3) is 0 Å². The number of likely N-dealkylation sites (tertiary alicyclic amines) is 1. The minimum absolute atomic E-state index is 0.0520. The molecule has 3 aromatic carbocycles. The summed E-state index contributed by atoms with van der Waals surface area (Å²) >= 11 is 4.18. The molecule has 1 saturated heterocycles. The number of anilines is 1. The first-order valence-corrected chi connectivity index (χ1v) is 41.6. The molecule has 104 heavy (non-hydrogen) atoms. The number of carboxylic acid groups (broad SMARTS) is 1. The van der Waals surface area contributed by atoms with E-state index in [2.05, 4.69) is 40.0 Å². The Kier molecular flexibility index (Phi) is 28.2. The van der Waals surface area contributed by atoms with Gasteiger partial charge in [0.25, 0.3) is 10.1 Å². The molecule has 572 valence electrons. The molecule has 34 heteroatoms. The summed E-state index contributed by atoms with van der Waals surface area (Å²) < 4.78 is 146. The van der Waals surface area contributed by atoms with E-state index in [0.29, 0.717) is 91.8 Å². The number of quaternary nitrogens is 1. The second-order valence-corrected chi connectivity index (χ2v) is 37.5. The molecule has 4 atom stereocenters. The highest BCUT2D eigenvalue weighted by Gasteiger charge is 2.47. The van der Waals surface area contributed by atoms with Crippen LogP contribution in [0, 0.1) is 5.41 Å². The number of fused-ring (bicyclic) bond motifs is 2. The quantitative estimate of drug-likeness (QED) is 0.00608. The first-order valence-electron chi connectivity index (χ1n) is 33.8. The zero-order chi connectivity index (χ0) is 77.2. The molecule has 3 unspecified atom stereocenters. The van der Waals surface area contributed by atoms with Crippen LogP contribution in [0.4, 0.5) is 11.4 Å². The fourth-order valence-electron chi connectivity index (χ4n) is 12.7. The fraction of sp³-hybridized carbons (Fsp3) is 0.529. The molecule has 3 aromatic rings. The summed E-state index contributed by atoms with van der Waals surface area (Å²) in [7, 11) is -12.6. The molecule has 4 aliphatic rings. The number of amides is 3. The van der Waals surface area contributed by atoms with Crippen LogP contribution in [0.15, 0.2) is 123 Å². The predicted molar refractivity (Wildman–Crippen MR) is 389 cm³/mol. The first-order chi connectivity index (χ1) is 48.2. The van der Waals surface area contributed by atoms with E-state index in [4.69, 9.17) is 23.3 Å². The summed E-state index contributed by atoms with van der Waals surface area (Å²) in [6, 6.07) is 15.7. The molecule has 0 bridgehead atoms. The van der Waals surface area contributed by atoms with Crippen LogP contribution in [0.3, 0.4) is 0 Å². The predicted octanol–water partition coefficient (Wildman–Crippen LogP) is 8.71. The molecule has 3 heterocycles. The average molecular weight is 1610 g/mol. The van der Waals surface area contributed by atoms with Crippen molar-refractivity contribution in [3.05, 3.63) is 125 Å². The molecule has 1 aliphatic carbocycles. The van der Waals surface area contributed by atoms with Crippen molar-refractivity contribution in [2.24, 2.45) is 5.41 Å². The molecule has 3 amide bonds. The zero-order valence-corrected chi connectivity index (χ0v) is 65.7. The van der Waals surface area contributed by atoms with Crippen LogP contribution in [0.1, 0.15) is 130 Å². The van der Waals surface area contributed by atoms with Gasteiger partial charge in [0.05, 0.1) is 65.9 Å². The van der Waals surface area contributed by atoms with Crippen molar-refractivity contribution in [3.63, 3.8) is 0 Å².